The second-order valence-corrected chi connectivity index (χ2v) is 8.97. The Morgan fingerprint density at radius 1 is 0.971 bits per heavy atom. The minimum atomic E-state index is -1.62. The predicted octanol–water partition coefficient (Wildman–Crippen LogP) is 5.39. The molecule has 1 N–H and O–H groups in total. The van der Waals surface area contributed by atoms with E-state index in [0.29, 0.717) is 16.8 Å². The molecule has 0 radical (unpaired) electrons. The van der Waals surface area contributed by atoms with Crippen molar-refractivity contribution in [1.82, 2.24) is 4.57 Å². The fraction of sp³-hybridized carbons (Fsp3) is 0.250. The first kappa shape index (κ1) is 23.4. The molecule has 34 heavy (non-hydrogen) atoms. The second kappa shape index (κ2) is 8.88. The number of carbonyl (C=O) groups excluding carboxylic acids is 2. The SMILES string of the molecule is CCn1c2ccc(C(=O)c3ccccc3C)cc2c2cc(/C(C)=N/OC(=O)C(C)(C)O)ccc21. The maximum Gasteiger partial charge on any atom is 0.365 e. The lowest BCUT2D eigenvalue weighted by atomic mass is 9.97. The van der Waals surface area contributed by atoms with Crippen molar-refractivity contribution in [1.29, 1.82) is 0 Å². The molecule has 1 aromatic heterocycles. The number of rotatable bonds is 6. The number of benzene rings is 3. The van der Waals surface area contributed by atoms with Crippen molar-refractivity contribution in [3.05, 3.63) is 82.9 Å². The third-order valence-corrected chi connectivity index (χ3v) is 6.02. The maximum atomic E-state index is 13.2. The van der Waals surface area contributed by atoms with E-state index in [1.165, 1.54) is 13.8 Å². The van der Waals surface area contributed by atoms with E-state index in [1.54, 1.807) is 6.92 Å². The van der Waals surface area contributed by atoms with Crippen molar-refractivity contribution in [2.75, 3.05) is 0 Å². The molecular weight excluding hydrogens is 428 g/mol. The summed E-state index contributed by atoms with van der Waals surface area (Å²) in [4.78, 5) is 30.0. The molecule has 0 saturated carbocycles. The number of aromatic nitrogens is 1. The molecule has 4 aromatic rings. The highest BCUT2D eigenvalue weighted by atomic mass is 16.7. The van der Waals surface area contributed by atoms with Gasteiger partial charge in [-0.2, -0.15) is 0 Å². The number of nitrogens with zero attached hydrogens (tertiary/aromatic N) is 2. The molecule has 0 aliphatic carbocycles. The number of aliphatic hydroxyl groups is 1. The van der Waals surface area contributed by atoms with Crippen LogP contribution >= 0.6 is 0 Å². The third-order valence-electron chi connectivity index (χ3n) is 6.02. The molecule has 0 aliphatic rings. The lowest BCUT2D eigenvalue weighted by Crippen LogP contribution is -2.32. The molecule has 0 bridgehead atoms. The van der Waals surface area contributed by atoms with Crippen LogP contribution in [-0.4, -0.2) is 32.7 Å². The summed E-state index contributed by atoms with van der Waals surface area (Å²) in [5.74, 6) is -0.834. The van der Waals surface area contributed by atoms with Gasteiger partial charge in [0.1, 0.15) is 0 Å². The molecule has 174 valence electrons. The highest BCUT2D eigenvalue weighted by molar-refractivity contribution is 6.16. The van der Waals surface area contributed by atoms with Gasteiger partial charge < -0.3 is 14.5 Å². The van der Waals surface area contributed by atoms with Crippen molar-refractivity contribution in [2.45, 2.75) is 46.8 Å². The first-order chi connectivity index (χ1) is 16.1. The standard InChI is InChI=1S/C28H28N2O4/c1-6-30-24-13-11-19(18(3)29-34-27(32)28(4,5)33)15-22(24)23-16-20(12-14-25(23)30)26(31)21-10-8-7-9-17(21)2/h7-16,33H,6H2,1-5H3/b29-18+. The molecule has 0 fully saturated rings. The minimum absolute atomic E-state index is 0.00942. The van der Waals surface area contributed by atoms with E-state index in [1.807, 2.05) is 67.6 Å². The molecule has 3 aromatic carbocycles. The van der Waals surface area contributed by atoms with Gasteiger partial charge in [-0.3, -0.25) is 4.79 Å². The van der Waals surface area contributed by atoms with Gasteiger partial charge in [0.25, 0.3) is 0 Å². The average molecular weight is 457 g/mol. The summed E-state index contributed by atoms with van der Waals surface area (Å²) in [6.45, 7) is 9.24. The Morgan fingerprint density at radius 3 is 2.15 bits per heavy atom. The van der Waals surface area contributed by atoms with Crippen LogP contribution in [0.4, 0.5) is 0 Å². The van der Waals surface area contributed by atoms with E-state index < -0.39 is 11.6 Å². The van der Waals surface area contributed by atoms with Crippen LogP contribution in [-0.2, 0) is 16.2 Å². The summed E-state index contributed by atoms with van der Waals surface area (Å²) < 4.78 is 2.21. The Hall–Kier alpha value is -3.77. The van der Waals surface area contributed by atoms with E-state index in [0.717, 1.165) is 39.5 Å². The molecule has 0 unspecified atom stereocenters. The summed E-state index contributed by atoms with van der Waals surface area (Å²) >= 11 is 0. The number of oxime groups is 1. The Morgan fingerprint density at radius 2 is 1.56 bits per heavy atom. The smallest absolute Gasteiger partial charge is 0.365 e. The van der Waals surface area contributed by atoms with Crippen molar-refractivity contribution in [2.24, 2.45) is 5.16 Å². The zero-order valence-corrected chi connectivity index (χ0v) is 20.0. The number of ketones is 1. The van der Waals surface area contributed by atoms with Gasteiger partial charge >= 0.3 is 5.97 Å². The van der Waals surface area contributed by atoms with Crippen molar-refractivity contribution in [3.63, 3.8) is 0 Å². The Balaban J connectivity index is 1.81. The highest BCUT2D eigenvalue weighted by Gasteiger charge is 2.26. The number of fused-ring (bicyclic) bond motifs is 3. The third kappa shape index (κ3) is 4.24. The Kier molecular flexibility index (Phi) is 6.11. The number of aryl methyl sites for hydroxylation is 2. The van der Waals surface area contributed by atoms with E-state index in [4.69, 9.17) is 4.84 Å². The topological polar surface area (TPSA) is 80.9 Å². The van der Waals surface area contributed by atoms with Crippen LogP contribution in [0, 0.1) is 6.92 Å². The van der Waals surface area contributed by atoms with E-state index >= 15 is 0 Å². The van der Waals surface area contributed by atoms with E-state index in [2.05, 4.69) is 16.6 Å². The van der Waals surface area contributed by atoms with E-state index in [-0.39, 0.29) is 5.78 Å². The molecule has 0 atom stereocenters. The molecule has 6 nitrogen and oxygen atoms in total. The largest absolute Gasteiger partial charge is 0.379 e. The average Bonchev–Trinajstić information content (AvgIpc) is 3.13. The van der Waals surface area contributed by atoms with Crippen LogP contribution in [0.5, 0.6) is 0 Å². The van der Waals surface area contributed by atoms with Gasteiger partial charge in [0.05, 0.1) is 5.71 Å². The van der Waals surface area contributed by atoms with Crippen LogP contribution in [0.25, 0.3) is 21.8 Å². The lowest BCUT2D eigenvalue weighted by Gasteiger charge is -2.12. The second-order valence-electron chi connectivity index (χ2n) is 8.97. The van der Waals surface area contributed by atoms with E-state index in [9.17, 15) is 14.7 Å². The van der Waals surface area contributed by atoms with Crippen LogP contribution in [0.2, 0.25) is 0 Å². The summed E-state index contributed by atoms with van der Waals surface area (Å²) in [6.07, 6.45) is 0. The number of carbonyl (C=O) groups is 2. The molecule has 0 saturated heterocycles. The summed E-state index contributed by atoms with van der Waals surface area (Å²) in [6, 6.07) is 19.3. The van der Waals surface area contributed by atoms with Crippen molar-refractivity contribution < 1.29 is 19.5 Å². The quantitative estimate of drug-likeness (QED) is 0.183. The zero-order valence-electron chi connectivity index (χ0n) is 20.0. The van der Waals surface area contributed by atoms with Gasteiger partial charge in [0.15, 0.2) is 11.4 Å². The van der Waals surface area contributed by atoms with Crippen molar-refractivity contribution in [3.8, 4) is 0 Å². The molecule has 0 spiro atoms. The molecule has 0 aliphatic heterocycles. The monoisotopic (exact) mass is 456 g/mol. The maximum absolute atomic E-state index is 13.2. The van der Waals surface area contributed by atoms with Gasteiger partial charge in [-0.1, -0.05) is 35.5 Å². The Bertz CT molecular complexity index is 1450. The summed E-state index contributed by atoms with van der Waals surface area (Å²) in [5, 5.41) is 15.6. The minimum Gasteiger partial charge on any atom is -0.379 e. The molecule has 1 heterocycles. The molecule has 6 heteroatoms. The van der Waals surface area contributed by atoms with Gasteiger partial charge in [-0.25, -0.2) is 4.79 Å². The van der Waals surface area contributed by atoms with Gasteiger partial charge in [-0.15, -0.1) is 0 Å². The van der Waals surface area contributed by atoms with Gasteiger partial charge in [0.2, 0.25) is 0 Å². The van der Waals surface area contributed by atoms with Gasteiger partial charge in [0, 0.05) is 39.5 Å². The summed E-state index contributed by atoms with van der Waals surface area (Å²) in [7, 11) is 0. The first-order valence-electron chi connectivity index (χ1n) is 11.3. The van der Waals surface area contributed by atoms with Crippen LogP contribution < -0.4 is 0 Å². The van der Waals surface area contributed by atoms with Crippen LogP contribution in [0.3, 0.4) is 0 Å². The van der Waals surface area contributed by atoms with Crippen LogP contribution in [0.1, 0.15) is 54.7 Å². The summed E-state index contributed by atoms with van der Waals surface area (Å²) in [5.41, 5.74) is 4.01. The zero-order chi connectivity index (χ0) is 24.6. The van der Waals surface area contributed by atoms with Crippen LogP contribution in [0.15, 0.2) is 65.8 Å². The fourth-order valence-corrected chi connectivity index (χ4v) is 4.07. The molecule has 4 rings (SSSR count). The fourth-order valence-electron chi connectivity index (χ4n) is 4.07. The molecule has 0 amide bonds. The first-order valence-corrected chi connectivity index (χ1v) is 11.3. The number of hydrogen-bond acceptors (Lipinski definition) is 5. The van der Waals surface area contributed by atoms with Crippen molar-refractivity contribution >= 4 is 39.3 Å². The van der Waals surface area contributed by atoms with Gasteiger partial charge in [-0.05, 0) is 76.1 Å². The normalized spacial score (nSPS) is 12.4. The Labute approximate surface area is 198 Å². The molecular formula is C28H28N2O4. The predicted molar refractivity (Wildman–Crippen MR) is 134 cm³/mol. The highest BCUT2D eigenvalue weighted by Crippen LogP contribution is 2.31. The number of hydrogen-bond donors (Lipinski definition) is 1. The lowest BCUT2D eigenvalue weighted by molar-refractivity contribution is -0.161.